The summed E-state index contributed by atoms with van der Waals surface area (Å²) in [5.41, 5.74) is 0. The molecule has 0 aromatic carbocycles. The Balaban J connectivity index is 0. The molecule has 7 heteroatoms. The normalized spacial score (nSPS) is 9.27. The third-order valence-electron chi connectivity index (χ3n) is 0.471. The highest BCUT2D eigenvalue weighted by Crippen LogP contribution is 2.11. The van der Waals surface area contributed by atoms with Crippen molar-refractivity contribution in [3.63, 3.8) is 0 Å². The second-order valence-electron chi connectivity index (χ2n) is 1.33. The molecule has 0 saturated heterocycles. The van der Waals surface area contributed by atoms with E-state index in [-0.39, 0.29) is 13.2 Å². The summed E-state index contributed by atoms with van der Waals surface area (Å²) in [6.07, 6.45) is 0. The van der Waals surface area contributed by atoms with Gasteiger partial charge in [0.05, 0.1) is 26.4 Å². The highest BCUT2D eigenvalue weighted by molar-refractivity contribution is 7.38. The van der Waals surface area contributed by atoms with Gasteiger partial charge in [-0.1, -0.05) is 0 Å². The fourth-order valence-electron chi connectivity index (χ4n) is 0.231. The van der Waals surface area contributed by atoms with Crippen molar-refractivity contribution in [3.05, 3.63) is 0 Å². The maximum absolute atomic E-state index is 8.09. The van der Waals surface area contributed by atoms with Gasteiger partial charge in [0.2, 0.25) is 0 Å². The van der Waals surface area contributed by atoms with Crippen LogP contribution in [0, 0.1) is 0 Å². The molecule has 0 fully saturated rings. The van der Waals surface area contributed by atoms with E-state index >= 15 is 0 Å². The third-order valence-corrected chi connectivity index (χ3v) is 0.471. The predicted molar refractivity (Wildman–Crippen MR) is 38.6 cm³/mol. The van der Waals surface area contributed by atoms with Crippen LogP contribution in [0.2, 0.25) is 0 Å². The molecular weight excluding hydrogens is 175 g/mol. The van der Waals surface area contributed by atoms with Crippen LogP contribution in [0.25, 0.3) is 0 Å². The van der Waals surface area contributed by atoms with E-state index in [1.54, 1.807) is 0 Å². The lowest BCUT2D eigenvalue weighted by atomic mass is 10.7. The lowest BCUT2D eigenvalue weighted by Crippen LogP contribution is -2.03. The Hall–Kier alpha value is 0.190. The van der Waals surface area contributed by atoms with Gasteiger partial charge in [0, 0.05) is 0 Å². The van der Waals surface area contributed by atoms with Gasteiger partial charge in [-0.15, -0.1) is 0 Å². The zero-order valence-electron chi connectivity index (χ0n) is 5.92. The zero-order chi connectivity index (χ0) is 9.11. The topological polar surface area (TPSA) is 110 Å². The van der Waals surface area contributed by atoms with Crippen molar-refractivity contribution >= 4 is 8.60 Å². The van der Waals surface area contributed by atoms with Gasteiger partial charge in [0.25, 0.3) is 0 Å². The van der Waals surface area contributed by atoms with Crippen LogP contribution in [0.15, 0.2) is 0 Å². The summed E-state index contributed by atoms with van der Waals surface area (Å²) in [6.45, 7) is 0.696. The molecule has 0 aromatic rings. The Morgan fingerprint density at radius 2 is 1.18 bits per heavy atom. The summed E-state index contributed by atoms with van der Waals surface area (Å²) in [6, 6.07) is 0. The van der Waals surface area contributed by atoms with Gasteiger partial charge in [0.1, 0.15) is 0 Å². The first-order valence-corrected chi connectivity index (χ1v) is 4.01. The smallest absolute Gasteiger partial charge is 0.324 e. The first-order chi connectivity index (χ1) is 5.15. The number of aliphatic hydroxyl groups excluding tert-OH is 2. The fraction of sp³-hybridized carbons (Fsp3) is 1.00. The molecule has 70 valence electrons. The maximum atomic E-state index is 8.09. The van der Waals surface area contributed by atoms with Gasteiger partial charge in [0.15, 0.2) is 0 Å². The maximum Gasteiger partial charge on any atom is 0.324 e. The summed E-state index contributed by atoms with van der Waals surface area (Å²) in [7, 11) is -2.62. The van der Waals surface area contributed by atoms with Crippen molar-refractivity contribution in [2.75, 3.05) is 26.4 Å². The molecule has 0 aliphatic carbocycles. The highest BCUT2D eigenvalue weighted by atomic mass is 31.2. The average Bonchev–Trinajstić information content (AvgIpc) is 1.88. The van der Waals surface area contributed by atoms with E-state index in [4.69, 9.17) is 24.9 Å². The SMILES string of the molecule is OCCOCCO.OP(O)O. The fourth-order valence-corrected chi connectivity index (χ4v) is 0.231. The highest BCUT2D eigenvalue weighted by Gasteiger charge is 1.79. The van der Waals surface area contributed by atoms with Crippen LogP contribution in [0.5, 0.6) is 0 Å². The molecule has 0 spiro atoms. The van der Waals surface area contributed by atoms with E-state index in [0.29, 0.717) is 13.2 Å². The minimum atomic E-state index is -2.62. The monoisotopic (exact) mass is 188 g/mol. The standard InChI is InChI=1S/C4H10O3.H3O3P/c5-1-3-7-4-2-6;1-4(2)3/h5-6H,1-4H2;1-3H. The van der Waals surface area contributed by atoms with Gasteiger partial charge in [-0.25, -0.2) is 0 Å². The molecule has 0 rings (SSSR count). The second kappa shape index (κ2) is 12.8. The first-order valence-electron chi connectivity index (χ1n) is 2.81. The molecule has 11 heavy (non-hydrogen) atoms. The molecular formula is C4H13O6P. The molecule has 0 amide bonds. The van der Waals surface area contributed by atoms with Crippen molar-refractivity contribution in [2.45, 2.75) is 0 Å². The van der Waals surface area contributed by atoms with Crippen LogP contribution in [0.1, 0.15) is 0 Å². The molecule has 0 atom stereocenters. The van der Waals surface area contributed by atoms with Crippen molar-refractivity contribution in [2.24, 2.45) is 0 Å². The number of rotatable bonds is 4. The molecule has 0 unspecified atom stereocenters. The van der Waals surface area contributed by atoms with Crippen LogP contribution >= 0.6 is 8.60 Å². The van der Waals surface area contributed by atoms with E-state index in [1.807, 2.05) is 0 Å². The summed E-state index contributed by atoms with van der Waals surface area (Å²) in [5, 5.41) is 16.2. The zero-order valence-corrected chi connectivity index (χ0v) is 6.81. The average molecular weight is 188 g/mol. The van der Waals surface area contributed by atoms with Gasteiger partial charge in [-0.3, -0.25) is 0 Å². The molecule has 0 saturated carbocycles. The van der Waals surface area contributed by atoms with Crippen LogP contribution in [-0.2, 0) is 4.74 Å². The second-order valence-corrected chi connectivity index (χ2v) is 1.86. The van der Waals surface area contributed by atoms with Crippen LogP contribution in [0.3, 0.4) is 0 Å². The Labute approximate surface area is 65.7 Å². The van der Waals surface area contributed by atoms with E-state index < -0.39 is 8.60 Å². The lowest BCUT2D eigenvalue weighted by molar-refractivity contribution is 0.0650. The Morgan fingerprint density at radius 3 is 1.36 bits per heavy atom. The lowest BCUT2D eigenvalue weighted by Gasteiger charge is -1.94. The number of hydrogen-bond donors (Lipinski definition) is 5. The predicted octanol–water partition coefficient (Wildman–Crippen LogP) is -1.82. The quantitative estimate of drug-likeness (QED) is 0.262. The summed E-state index contributed by atoms with van der Waals surface area (Å²) < 4.78 is 4.63. The summed E-state index contributed by atoms with van der Waals surface area (Å²) in [4.78, 5) is 21.7. The summed E-state index contributed by atoms with van der Waals surface area (Å²) in [5.74, 6) is 0. The van der Waals surface area contributed by atoms with E-state index in [1.165, 1.54) is 0 Å². The minimum Gasteiger partial charge on any atom is -0.394 e. The van der Waals surface area contributed by atoms with Crippen molar-refractivity contribution in [3.8, 4) is 0 Å². The van der Waals surface area contributed by atoms with Crippen LogP contribution in [-0.4, -0.2) is 51.3 Å². The molecule has 0 bridgehead atoms. The molecule has 0 radical (unpaired) electrons. The molecule has 0 aliphatic heterocycles. The van der Waals surface area contributed by atoms with E-state index in [9.17, 15) is 0 Å². The van der Waals surface area contributed by atoms with Gasteiger partial charge in [-0.05, 0) is 0 Å². The Kier molecular flexibility index (Phi) is 16.0. The van der Waals surface area contributed by atoms with Crippen molar-refractivity contribution in [1.29, 1.82) is 0 Å². The minimum absolute atomic E-state index is 0.0278. The number of hydrogen-bond acceptors (Lipinski definition) is 6. The molecule has 0 aliphatic rings. The van der Waals surface area contributed by atoms with Crippen LogP contribution < -0.4 is 0 Å². The van der Waals surface area contributed by atoms with Crippen molar-refractivity contribution < 1.29 is 29.6 Å². The Morgan fingerprint density at radius 1 is 0.909 bits per heavy atom. The number of aliphatic hydroxyl groups is 2. The Bertz CT molecular complexity index is 53.8. The number of ether oxygens (including phenoxy) is 1. The van der Waals surface area contributed by atoms with E-state index in [0.717, 1.165) is 0 Å². The van der Waals surface area contributed by atoms with Crippen molar-refractivity contribution in [1.82, 2.24) is 0 Å². The van der Waals surface area contributed by atoms with Gasteiger partial charge >= 0.3 is 8.60 Å². The molecule has 6 nitrogen and oxygen atoms in total. The molecule has 0 heterocycles. The van der Waals surface area contributed by atoms with Crippen LogP contribution in [0.4, 0.5) is 0 Å². The van der Waals surface area contributed by atoms with E-state index in [2.05, 4.69) is 4.74 Å². The molecule has 5 N–H and O–H groups in total. The van der Waals surface area contributed by atoms with Gasteiger partial charge in [-0.2, -0.15) is 0 Å². The van der Waals surface area contributed by atoms with Gasteiger partial charge < -0.3 is 29.6 Å². The summed E-state index contributed by atoms with van der Waals surface area (Å²) >= 11 is 0. The third kappa shape index (κ3) is 38.9. The largest absolute Gasteiger partial charge is 0.394 e. The molecule has 0 aromatic heterocycles. The first kappa shape index (κ1) is 13.8.